The number of hydrogen-bond acceptors (Lipinski definition) is 4. The molecule has 5 heteroatoms. The Morgan fingerprint density at radius 3 is 2.87 bits per heavy atom. The quantitative estimate of drug-likeness (QED) is 0.631. The summed E-state index contributed by atoms with van der Waals surface area (Å²) in [4.78, 5) is 19.2. The van der Waals surface area contributed by atoms with Gasteiger partial charge in [0.2, 0.25) is 5.91 Å². The Morgan fingerprint density at radius 1 is 1.17 bits per heavy atom. The Morgan fingerprint density at radius 2 is 2.07 bits per heavy atom. The fraction of sp³-hybridized carbons (Fsp3) is 0.280. The van der Waals surface area contributed by atoms with Gasteiger partial charge in [-0.2, -0.15) is 0 Å². The normalized spacial score (nSPS) is 15.7. The van der Waals surface area contributed by atoms with E-state index in [1.807, 2.05) is 66.6 Å². The predicted octanol–water partition coefficient (Wildman–Crippen LogP) is 4.50. The molecule has 0 bridgehead atoms. The van der Waals surface area contributed by atoms with Crippen LogP contribution in [0.25, 0.3) is 11.1 Å². The fourth-order valence-corrected chi connectivity index (χ4v) is 3.75. The molecule has 1 unspecified atom stereocenters. The van der Waals surface area contributed by atoms with Gasteiger partial charge >= 0.3 is 0 Å². The molecule has 0 aliphatic carbocycles. The van der Waals surface area contributed by atoms with Crippen LogP contribution in [0.3, 0.4) is 0 Å². The summed E-state index contributed by atoms with van der Waals surface area (Å²) >= 11 is 0. The Bertz CT molecular complexity index is 1020. The number of amides is 1. The highest BCUT2D eigenvalue weighted by Crippen LogP contribution is 2.30. The summed E-state index contributed by atoms with van der Waals surface area (Å²) in [5.41, 5.74) is 4.24. The highest BCUT2D eigenvalue weighted by molar-refractivity contribution is 5.77. The number of hydrogen-bond donors (Lipinski definition) is 0. The van der Waals surface area contributed by atoms with Crippen LogP contribution in [0.5, 0.6) is 11.5 Å². The molecule has 0 radical (unpaired) electrons. The monoisotopic (exact) mass is 402 g/mol. The minimum atomic E-state index is 0.0112. The maximum absolute atomic E-state index is 13.1. The summed E-state index contributed by atoms with van der Waals surface area (Å²) in [6, 6.07) is 18.0. The number of rotatable bonds is 5. The van der Waals surface area contributed by atoms with E-state index in [2.05, 4.69) is 11.1 Å². The Kier molecular flexibility index (Phi) is 5.98. The number of ether oxygens (including phenoxy) is 2. The number of aromatic nitrogens is 1. The summed E-state index contributed by atoms with van der Waals surface area (Å²) in [5.74, 6) is 1.79. The molecule has 1 atom stereocenters. The third-order valence-electron chi connectivity index (χ3n) is 5.49. The van der Waals surface area contributed by atoms with Crippen LogP contribution in [0.4, 0.5) is 0 Å². The first kappa shape index (κ1) is 20.0. The van der Waals surface area contributed by atoms with Crippen LogP contribution in [0, 0.1) is 0 Å². The van der Waals surface area contributed by atoms with Crippen molar-refractivity contribution in [1.82, 2.24) is 9.88 Å². The zero-order valence-electron chi connectivity index (χ0n) is 17.4. The topological polar surface area (TPSA) is 51.7 Å². The highest BCUT2D eigenvalue weighted by Gasteiger charge is 2.25. The van der Waals surface area contributed by atoms with Crippen LogP contribution < -0.4 is 9.47 Å². The van der Waals surface area contributed by atoms with E-state index in [4.69, 9.17) is 9.47 Å². The molecule has 4 rings (SSSR count). The van der Waals surface area contributed by atoms with Gasteiger partial charge in [0.1, 0.15) is 18.1 Å². The molecule has 0 fully saturated rings. The zero-order chi connectivity index (χ0) is 20.9. The van der Waals surface area contributed by atoms with Crippen LogP contribution in [-0.2, 0) is 17.8 Å². The van der Waals surface area contributed by atoms with E-state index in [9.17, 15) is 4.79 Å². The maximum atomic E-state index is 13.1. The number of fused-ring (bicyclic) bond motifs is 1. The van der Waals surface area contributed by atoms with Crippen molar-refractivity contribution in [3.63, 3.8) is 0 Å². The van der Waals surface area contributed by atoms with E-state index in [1.165, 1.54) is 0 Å². The van der Waals surface area contributed by atoms with Gasteiger partial charge in [0, 0.05) is 36.5 Å². The molecule has 3 aromatic rings. The van der Waals surface area contributed by atoms with Gasteiger partial charge in [0.15, 0.2) is 0 Å². The molecule has 1 amide bonds. The van der Waals surface area contributed by atoms with Crippen LogP contribution in [0.2, 0.25) is 0 Å². The lowest BCUT2D eigenvalue weighted by Crippen LogP contribution is -2.39. The number of nitrogens with zero attached hydrogens (tertiary/aromatic N) is 2. The molecule has 1 aliphatic heterocycles. The van der Waals surface area contributed by atoms with Crippen molar-refractivity contribution in [3.8, 4) is 22.6 Å². The molecule has 1 aliphatic rings. The van der Waals surface area contributed by atoms with E-state index < -0.39 is 0 Å². The van der Waals surface area contributed by atoms with Gasteiger partial charge in [-0.05, 0) is 54.8 Å². The lowest BCUT2D eigenvalue weighted by molar-refractivity contribution is -0.134. The van der Waals surface area contributed by atoms with Crippen molar-refractivity contribution in [2.75, 3.05) is 13.7 Å². The number of pyridine rings is 1. The average Bonchev–Trinajstić information content (AvgIpc) is 2.96. The lowest BCUT2D eigenvalue weighted by Gasteiger charge is -2.26. The van der Waals surface area contributed by atoms with Crippen LogP contribution in [0.1, 0.15) is 24.5 Å². The summed E-state index contributed by atoms with van der Waals surface area (Å²) in [7, 11) is 1.65. The zero-order valence-corrected chi connectivity index (χ0v) is 17.4. The summed E-state index contributed by atoms with van der Waals surface area (Å²) in [6.45, 7) is 3.07. The number of methoxy groups -OCH3 is 1. The van der Waals surface area contributed by atoms with Crippen molar-refractivity contribution in [1.29, 1.82) is 0 Å². The molecule has 0 saturated carbocycles. The molecule has 1 aromatic heterocycles. The van der Waals surface area contributed by atoms with Crippen molar-refractivity contribution in [2.24, 2.45) is 0 Å². The molecule has 0 N–H and O–H groups in total. The maximum Gasteiger partial charge on any atom is 0.223 e. The van der Waals surface area contributed by atoms with Crippen LogP contribution >= 0.6 is 0 Å². The van der Waals surface area contributed by atoms with Crippen molar-refractivity contribution in [3.05, 3.63) is 78.1 Å². The molecule has 2 aromatic carbocycles. The van der Waals surface area contributed by atoms with Gasteiger partial charge in [0.05, 0.1) is 13.2 Å². The summed E-state index contributed by atoms with van der Waals surface area (Å²) in [6.07, 6.45) is 4.75. The van der Waals surface area contributed by atoms with Gasteiger partial charge in [-0.15, -0.1) is 0 Å². The van der Waals surface area contributed by atoms with Gasteiger partial charge < -0.3 is 14.4 Å². The Hall–Kier alpha value is -3.34. The molecule has 0 spiro atoms. The lowest BCUT2D eigenvalue weighted by atomic mass is 10.0. The predicted molar refractivity (Wildman–Crippen MR) is 116 cm³/mol. The van der Waals surface area contributed by atoms with Gasteiger partial charge in [-0.1, -0.05) is 24.3 Å². The van der Waals surface area contributed by atoms with Gasteiger partial charge in [-0.25, -0.2) is 0 Å². The van der Waals surface area contributed by atoms with Crippen molar-refractivity contribution < 1.29 is 14.3 Å². The molecule has 2 heterocycles. The van der Waals surface area contributed by atoms with Crippen molar-refractivity contribution >= 4 is 5.91 Å². The minimum absolute atomic E-state index is 0.0112. The first-order valence-corrected chi connectivity index (χ1v) is 10.2. The van der Waals surface area contributed by atoms with E-state index >= 15 is 0 Å². The van der Waals surface area contributed by atoms with Gasteiger partial charge in [0.25, 0.3) is 0 Å². The fourth-order valence-electron chi connectivity index (χ4n) is 3.75. The molecule has 30 heavy (non-hydrogen) atoms. The molecular weight excluding hydrogens is 376 g/mol. The third kappa shape index (κ3) is 4.46. The molecule has 154 valence electrons. The minimum Gasteiger partial charge on any atom is -0.497 e. The molecular formula is C25H26N2O3. The summed E-state index contributed by atoms with van der Waals surface area (Å²) < 4.78 is 11.3. The number of aryl methyl sites for hydroxylation is 1. The average molecular weight is 402 g/mol. The first-order chi connectivity index (χ1) is 14.6. The second-order valence-electron chi connectivity index (χ2n) is 7.60. The van der Waals surface area contributed by atoms with Crippen LogP contribution in [0.15, 0.2) is 67.0 Å². The van der Waals surface area contributed by atoms with Crippen LogP contribution in [-0.4, -0.2) is 35.5 Å². The highest BCUT2D eigenvalue weighted by atomic mass is 16.5. The Labute approximate surface area is 177 Å². The largest absolute Gasteiger partial charge is 0.497 e. The second kappa shape index (κ2) is 8.99. The number of carbonyl (C=O) groups excluding carboxylic acids is 1. The smallest absolute Gasteiger partial charge is 0.223 e. The van der Waals surface area contributed by atoms with E-state index in [0.717, 1.165) is 33.8 Å². The second-order valence-corrected chi connectivity index (χ2v) is 7.60. The summed E-state index contributed by atoms with van der Waals surface area (Å²) in [5, 5.41) is 0. The third-order valence-corrected chi connectivity index (χ3v) is 5.49. The Balaban J connectivity index is 1.50. The SMILES string of the molecule is COc1cccc(CCC(=O)N2Cc3cc(-c4cccnc4)ccc3OCC2C)c1. The van der Waals surface area contributed by atoms with Crippen molar-refractivity contribution in [2.45, 2.75) is 32.4 Å². The van der Waals surface area contributed by atoms with E-state index in [0.29, 0.717) is 26.0 Å². The molecule has 0 saturated heterocycles. The van der Waals surface area contributed by atoms with Gasteiger partial charge in [-0.3, -0.25) is 9.78 Å². The number of benzene rings is 2. The standard InChI is InChI=1S/C25H26N2O3/c1-18-17-30-24-10-9-20(21-6-4-12-26-15-21)14-22(24)16-27(18)25(28)11-8-19-5-3-7-23(13-19)29-2/h3-7,9-10,12-15,18H,8,11,16-17H2,1-2H3. The first-order valence-electron chi connectivity index (χ1n) is 10.2. The number of carbonyl (C=O) groups is 1. The van der Waals surface area contributed by atoms with E-state index in [-0.39, 0.29) is 11.9 Å². The molecule has 5 nitrogen and oxygen atoms in total. The van der Waals surface area contributed by atoms with E-state index in [1.54, 1.807) is 13.3 Å².